The molecule has 1 fully saturated rings. The highest BCUT2D eigenvalue weighted by molar-refractivity contribution is 7.89. The molecule has 0 atom stereocenters. The molecular formula is C19H22N2O6S. The minimum absolute atomic E-state index is 0.175. The number of carbonyl (C=O) groups is 1. The predicted molar refractivity (Wildman–Crippen MR) is 104 cm³/mol. The summed E-state index contributed by atoms with van der Waals surface area (Å²) in [4.78, 5) is 12.7. The van der Waals surface area contributed by atoms with Gasteiger partial charge in [-0.15, -0.1) is 0 Å². The summed E-state index contributed by atoms with van der Waals surface area (Å²) in [5.41, 5.74) is 0.817. The summed E-state index contributed by atoms with van der Waals surface area (Å²) in [5, 5.41) is 2.74. The highest BCUT2D eigenvalue weighted by Crippen LogP contribution is 2.26. The molecule has 150 valence electrons. The van der Waals surface area contributed by atoms with Crippen molar-refractivity contribution in [1.29, 1.82) is 0 Å². The summed E-state index contributed by atoms with van der Waals surface area (Å²) in [6.45, 7) is 1.43. The van der Waals surface area contributed by atoms with Crippen LogP contribution in [0.5, 0.6) is 11.5 Å². The van der Waals surface area contributed by atoms with E-state index in [1.54, 1.807) is 30.3 Å². The fourth-order valence-electron chi connectivity index (χ4n) is 2.83. The average Bonchev–Trinajstić information content (AvgIpc) is 2.74. The predicted octanol–water partition coefficient (Wildman–Crippen LogP) is 1.98. The van der Waals surface area contributed by atoms with Crippen LogP contribution < -0.4 is 14.8 Å². The van der Waals surface area contributed by atoms with E-state index in [1.807, 2.05) is 0 Å². The first-order chi connectivity index (χ1) is 13.5. The van der Waals surface area contributed by atoms with Crippen LogP contribution in [-0.4, -0.2) is 59.2 Å². The summed E-state index contributed by atoms with van der Waals surface area (Å²) in [6.07, 6.45) is 0. The normalized spacial score (nSPS) is 15.1. The van der Waals surface area contributed by atoms with Crippen molar-refractivity contribution in [2.24, 2.45) is 0 Å². The lowest BCUT2D eigenvalue weighted by Crippen LogP contribution is -2.40. The maximum Gasteiger partial charge on any atom is 0.259 e. The van der Waals surface area contributed by atoms with Gasteiger partial charge in [-0.1, -0.05) is 0 Å². The molecule has 1 amide bonds. The van der Waals surface area contributed by atoms with Crippen LogP contribution >= 0.6 is 0 Å². The third-order valence-electron chi connectivity index (χ3n) is 4.37. The fourth-order valence-corrected chi connectivity index (χ4v) is 4.24. The Balaban J connectivity index is 1.75. The number of carbonyl (C=O) groups excluding carboxylic acids is 1. The molecule has 9 heteroatoms. The SMILES string of the molecule is COc1ccc(C(=O)Nc2ccc(S(=O)(=O)N3CCOCC3)cc2)c(OC)c1. The van der Waals surface area contributed by atoms with Crippen LogP contribution in [0.1, 0.15) is 10.4 Å². The number of sulfonamides is 1. The number of ether oxygens (including phenoxy) is 3. The second-order valence-corrected chi connectivity index (χ2v) is 8.00. The second-order valence-electron chi connectivity index (χ2n) is 6.06. The zero-order valence-electron chi connectivity index (χ0n) is 15.7. The summed E-state index contributed by atoms with van der Waals surface area (Å²) < 4.78 is 42.2. The molecule has 1 aliphatic heterocycles. The summed E-state index contributed by atoms with van der Waals surface area (Å²) in [6, 6.07) is 11.0. The van der Waals surface area contributed by atoms with Gasteiger partial charge in [-0.2, -0.15) is 4.31 Å². The highest BCUT2D eigenvalue weighted by Gasteiger charge is 2.26. The van der Waals surface area contributed by atoms with Crippen LogP contribution in [0, 0.1) is 0 Å². The number of amides is 1. The molecule has 0 spiro atoms. The molecule has 0 bridgehead atoms. The van der Waals surface area contributed by atoms with E-state index < -0.39 is 10.0 Å². The fraction of sp³-hybridized carbons (Fsp3) is 0.316. The standard InChI is InChI=1S/C19H22N2O6S/c1-25-15-5-8-17(18(13-15)26-2)19(22)20-14-3-6-16(7-4-14)28(23,24)21-9-11-27-12-10-21/h3-8,13H,9-12H2,1-2H3,(H,20,22). The van der Waals surface area contributed by atoms with Crippen molar-refractivity contribution < 1.29 is 27.4 Å². The van der Waals surface area contributed by atoms with Gasteiger partial charge < -0.3 is 19.5 Å². The van der Waals surface area contributed by atoms with Crippen LogP contribution in [0.3, 0.4) is 0 Å². The molecule has 2 aromatic carbocycles. The van der Waals surface area contributed by atoms with Crippen LogP contribution in [0.2, 0.25) is 0 Å². The third-order valence-corrected chi connectivity index (χ3v) is 6.29. The molecule has 8 nitrogen and oxygen atoms in total. The molecule has 2 aromatic rings. The molecule has 3 rings (SSSR count). The number of nitrogens with one attached hydrogen (secondary N) is 1. The topological polar surface area (TPSA) is 94.2 Å². The van der Waals surface area contributed by atoms with E-state index in [4.69, 9.17) is 14.2 Å². The minimum atomic E-state index is -3.57. The number of methoxy groups -OCH3 is 2. The molecule has 1 heterocycles. The van der Waals surface area contributed by atoms with Gasteiger partial charge in [0, 0.05) is 24.8 Å². The Morgan fingerprint density at radius 1 is 1.04 bits per heavy atom. The smallest absolute Gasteiger partial charge is 0.259 e. The van der Waals surface area contributed by atoms with E-state index in [1.165, 1.54) is 30.7 Å². The van der Waals surface area contributed by atoms with Gasteiger partial charge in [-0.05, 0) is 36.4 Å². The van der Waals surface area contributed by atoms with E-state index in [9.17, 15) is 13.2 Å². The van der Waals surface area contributed by atoms with Gasteiger partial charge in [0.05, 0.1) is 37.9 Å². The van der Waals surface area contributed by atoms with Crippen molar-refractivity contribution in [1.82, 2.24) is 4.31 Å². The van der Waals surface area contributed by atoms with Crippen LogP contribution in [0.4, 0.5) is 5.69 Å². The molecule has 0 saturated carbocycles. The summed E-state index contributed by atoms with van der Waals surface area (Å²) >= 11 is 0. The number of morpholine rings is 1. The van der Waals surface area contributed by atoms with Crippen LogP contribution in [-0.2, 0) is 14.8 Å². The second kappa shape index (κ2) is 8.59. The maximum atomic E-state index is 12.6. The Labute approximate surface area is 164 Å². The molecule has 1 aliphatic rings. The Hall–Kier alpha value is -2.62. The molecule has 0 aromatic heterocycles. The molecular weight excluding hydrogens is 384 g/mol. The zero-order chi connectivity index (χ0) is 20.1. The van der Waals surface area contributed by atoms with Gasteiger partial charge in [0.15, 0.2) is 0 Å². The van der Waals surface area contributed by atoms with Gasteiger partial charge in [-0.25, -0.2) is 8.42 Å². The van der Waals surface area contributed by atoms with Gasteiger partial charge in [-0.3, -0.25) is 4.79 Å². The van der Waals surface area contributed by atoms with E-state index in [2.05, 4.69) is 5.32 Å². The van der Waals surface area contributed by atoms with E-state index in [0.29, 0.717) is 49.1 Å². The molecule has 0 aliphatic carbocycles. The van der Waals surface area contributed by atoms with Crippen molar-refractivity contribution >= 4 is 21.6 Å². The third kappa shape index (κ3) is 4.27. The summed E-state index contributed by atoms with van der Waals surface area (Å²) in [7, 11) is -0.573. The number of hydrogen-bond acceptors (Lipinski definition) is 6. The lowest BCUT2D eigenvalue weighted by molar-refractivity contribution is 0.0730. The van der Waals surface area contributed by atoms with Gasteiger partial charge in [0.1, 0.15) is 11.5 Å². The Morgan fingerprint density at radius 3 is 2.32 bits per heavy atom. The number of nitrogens with zero attached hydrogens (tertiary/aromatic N) is 1. The molecule has 1 saturated heterocycles. The number of rotatable bonds is 6. The quantitative estimate of drug-likeness (QED) is 0.788. The molecule has 1 N–H and O–H groups in total. The van der Waals surface area contributed by atoms with Crippen LogP contribution in [0.25, 0.3) is 0 Å². The average molecular weight is 406 g/mol. The van der Waals surface area contributed by atoms with Gasteiger partial charge >= 0.3 is 0 Å². The maximum absolute atomic E-state index is 12.6. The Kier molecular flexibility index (Phi) is 6.18. The van der Waals surface area contributed by atoms with Gasteiger partial charge in [0.25, 0.3) is 5.91 Å². The van der Waals surface area contributed by atoms with Crippen molar-refractivity contribution in [2.45, 2.75) is 4.90 Å². The monoisotopic (exact) mass is 406 g/mol. The summed E-state index contributed by atoms with van der Waals surface area (Å²) in [5.74, 6) is 0.581. The van der Waals surface area contributed by atoms with Crippen LogP contribution in [0.15, 0.2) is 47.4 Å². The minimum Gasteiger partial charge on any atom is -0.497 e. The first kappa shape index (κ1) is 20.1. The van der Waals surface area contributed by atoms with E-state index in [0.717, 1.165) is 0 Å². The largest absolute Gasteiger partial charge is 0.497 e. The van der Waals surface area contributed by atoms with Crippen molar-refractivity contribution in [2.75, 3.05) is 45.8 Å². The zero-order valence-corrected chi connectivity index (χ0v) is 16.5. The van der Waals surface area contributed by atoms with Crippen molar-refractivity contribution in [3.05, 3.63) is 48.0 Å². The van der Waals surface area contributed by atoms with E-state index in [-0.39, 0.29) is 10.8 Å². The highest BCUT2D eigenvalue weighted by atomic mass is 32.2. The lowest BCUT2D eigenvalue weighted by atomic mass is 10.1. The van der Waals surface area contributed by atoms with Crippen molar-refractivity contribution in [3.63, 3.8) is 0 Å². The Bertz CT molecular complexity index is 937. The Morgan fingerprint density at radius 2 is 1.71 bits per heavy atom. The van der Waals surface area contributed by atoms with E-state index >= 15 is 0 Å². The first-order valence-electron chi connectivity index (χ1n) is 8.67. The molecule has 0 radical (unpaired) electrons. The number of anilines is 1. The van der Waals surface area contributed by atoms with Gasteiger partial charge in [0.2, 0.25) is 10.0 Å². The molecule has 0 unspecified atom stereocenters. The first-order valence-corrected chi connectivity index (χ1v) is 10.1. The molecule has 28 heavy (non-hydrogen) atoms. The number of benzene rings is 2. The number of hydrogen-bond donors (Lipinski definition) is 1. The van der Waals surface area contributed by atoms with Crippen molar-refractivity contribution in [3.8, 4) is 11.5 Å². The lowest BCUT2D eigenvalue weighted by Gasteiger charge is -2.26.